The van der Waals surface area contributed by atoms with Crippen LogP contribution in [-0.2, 0) is 4.79 Å². The van der Waals surface area contributed by atoms with Crippen molar-refractivity contribution in [3.63, 3.8) is 0 Å². The van der Waals surface area contributed by atoms with E-state index in [0.29, 0.717) is 10.0 Å². The fourth-order valence-electron chi connectivity index (χ4n) is 1.83. The maximum atomic E-state index is 12.2. The summed E-state index contributed by atoms with van der Waals surface area (Å²) in [6, 6.07) is 11.5. The number of hydrogen-bond acceptors (Lipinski definition) is 3. The molecule has 0 fully saturated rings. The number of aromatic hydroxyl groups is 1. The number of hydrogen-bond donors (Lipinski definition) is 3. The van der Waals surface area contributed by atoms with Crippen molar-refractivity contribution in [2.45, 2.75) is 6.04 Å². The Balaban J connectivity index is 2.27. The zero-order chi connectivity index (χ0) is 15.4. The van der Waals surface area contributed by atoms with Gasteiger partial charge in [0.05, 0.1) is 5.56 Å². The number of carboxylic acid groups (broad SMARTS) is 1. The predicted octanol–water partition coefficient (Wildman–Crippen LogP) is 2.71. The summed E-state index contributed by atoms with van der Waals surface area (Å²) in [6.45, 7) is 0. The number of phenols is 1. The van der Waals surface area contributed by atoms with E-state index < -0.39 is 17.9 Å². The molecule has 2 rings (SSSR count). The Labute approximate surface area is 129 Å². The third-order valence-corrected chi connectivity index (χ3v) is 3.35. The smallest absolute Gasteiger partial charge is 0.330 e. The van der Waals surface area contributed by atoms with Gasteiger partial charge < -0.3 is 15.5 Å². The molecule has 0 aliphatic carbocycles. The molecule has 5 nitrogen and oxygen atoms in total. The molecule has 3 N–H and O–H groups in total. The van der Waals surface area contributed by atoms with Crippen molar-refractivity contribution in [1.82, 2.24) is 5.32 Å². The predicted molar refractivity (Wildman–Crippen MR) is 80.1 cm³/mol. The van der Waals surface area contributed by atoms with Crippen molar-refractivity contribution < 1.29 is 19.8 Å². The molecular weight excluding hydrogens is 338 g/mol. The summed E-state index contributed by atoms with van der Waals surface area (Å²) in [6.07, 6.45) is 0. The van der Waals surface area contributed by atoms with Gasteiger partial charge in [-0.3, -0.25) is 4.79 Å². The van der Waals surface area contributed by atoms with Crippen molar-refractivity contribution in [3.8, 4) is 5.75 Å². The van der Waals surface area contributed by atoms with E-state index >= 15 is 0 Å². The molecule has 0 heterocycles. The van der Waals surface area contributed by atoms with Gasteiger partial charge in [0, 0.05) is 4.47 Å². The van der Waals surface area contributed by atoms with E-state index in [0.717, 1.165) is 0 Å². The molecule has 0 aliphatic heterocycles. The minimum absolute atomic E-state index is 0.00607. The molecule has 0 saturated carbocycles. The molecule has 0 saturated heterocycles. The van der Waals surface area contributed by atoms with Gasteiger partial charge in [-0.15, -0.1) is 0 Å². The lowest BCUT2D eigenvalue weighted by Gasteiger charge is -2.15. The third kappa shape index (κ3) is 3.61. The molecule has 0 spiro atoms. The van der Waals surface area contributed by atoms with Crippen LogP contribution >= 0.6 is 15.9 Å². The summed E-state index contributed by atoms with van der Waals surface area (Å²) in [4.78, 5) is 23.5. The Morgan fingerprint density at radius 3 is 2.38 bits per heavy atom. The molecule has 1 atom stereocenters. The standard InChI is InChI=1S/C15H12BrNO4/c16-10-6-7-12(18)11(8-10)14(19)17-13(15(20)21)9-4-2-1-3-5-9/h1-8,13,18H,(H,17,19)(H,20,21)/t13-/m1/s1. The van der Waals surface area contributed by atoms with Gasteiger partial charge in [0.25, 0.3) is 5.91 Å². The number of carboxylic acids is 1. The molecule has 0 bridgehead atoms. The number of nitrogens with one attached hydrogen (secondary N) is 1. The van der Waals surface area contributed by atoms with Gasteiger partial charge >= 0.3 is 5.97 Å². The van der Waals surface area contributed by atoms with Crippen LogP contribution in [0.2, 0.25) is 0 Å². The summed E-state index contributed by atoms with van der Waals surface area (Å²) in [7, 11) is 0. The number of rotatable bonds is 4. The number of halogens is 1. The van der Waals surface area contributed by atoms with Crippen LogP contribution in [0.4, 0.5) is 0 Å². The fraction of sp³-hybridized carbons (Fsp3) is 0.0667. The van der Waals surface area contributed by atoms with E-state index in [1.165, 1.54) is 12.1 Å². The van der Waals surface area contributed by atoms with E-state index in [4.69, 9.17) is 0 Å². The second-order valence-electron chi connectivity index (χ2n) is 4.32. The molecule has 0 aromatic heterocycles. The average molecular weight is 350 g/mol. The number of benzene rings is 2. The molecule has 6 heteroatoms. The van der Waals surface area contributed by atoms with Gasteiger partial charge in [0.15, 0.2) is 6.04 Å². The maximum Gasteiger partial charge on any atom is 0.330 e. The second kappa shape index (κ2) is 6.41. The van der Waals surface area contributed by atoms with Gasteiger partial charge in [-0.25, -0.2) is 4.79 Å². The molecule has 0 unspecified atom stereocenters. The molecule has 108 valence electrons. The SMILES string of the molecule is O=C(N[C@@H](C(=O)O)c1ccccc1)c1cc(Br)ccc1O. The summed E-state index contributed by atoms with van der Waals surface area (Å²) >= 11 is 3.20. The van der Waals surface area contributed by atoms with Crippen LogP contribution in [0.25, 0.3) is 0 Å². The molecular formula is C15H12BrNO4. The van der Waals surface area contributed by atoms with E-state index in [-0.39, 0.29) is 11.3 Å². The highest BCUT2D eigenvalue weighted by molar-refractivity contribution is 9.10. The number of carbonyl (C=O) groups excluding carboxylic acids is 1. The van der Waals surface area contributed by atoms with Crippen LogP contribution in [0.3, 0.4) is 0 Å². The Hall–Kier alpha value is -2.34. The lowest BCUT2D eigenvalue weighted by Crippen LogP contribution is -2.33. The average Bonchev–Trinajstić information content (AvgIpc) is 2.47. The summed E-state index contributed by atoms with van der Waals surface area (Å²) < 4.78 is 0.608. The van der Waals surface area contributed by atoms with Gasteiger partial charge in [0.1, 0.15) is 5.75 Å². The quantitative estimate of drug-likeness (QED) is 0.791. The zero-order valence-corrected chi connectivity index (χ0v) is 12.4. The monoisotopic (exact) mass is 349 g/mol. The number of aliphatic carboxylic acids is 1. The molecule has 2 aromatic carbocycles. The van der Waals surface area contributed by atoms with Crippen molar-refractivity contribution in [2.24, 2.45) is 0 Å². The fourth-order valence-corrected chi connectivity index (χ4v) is 2.19. The zero-order valence-electron chi connectivity index (χ0n) is 10.8. The summed E-state index contributed by atoms with van der Waals surface area (Å²) in [5.74, 6) is -2.05. The van der Waals surface area contributed by atoms with Crippen LogP contribution in [0, 0.1) is 0 Å². The Bertz CT molecular complexity index is 673. The minimum Gasteiger partial charge on any atom is -0.507 e. The Morgan fingerprint density at radius 1 is 1.10 bits per heavy atom. The van der Waals surface area contributed by atoms with Gasteiger partial charge in [-0.2, -0.15) is 0 Å². The first kappa shape index (κ1) is 15.1. The lowest BCUT2D eigenvalue weighted by atomic mass is 10.1. The van der Waals surface area contributed by atoms with Crippen LogP contribution in [-0.4, -0.2) is 22.1 Å². The van der Waals surface area contributed by atoms with Crippen LogP contribution in [0.1, 0.15) is 22.0 Å². The maximum absolute atomic E-state index is 12.2. The van der Waals surface area contributed by atoms with Crippen LogP contribution in [0.15, 0.2) is 53.0 Å². The van der Waals surface area contributed by atoms with Crippen molar-refractivity contribution >= 4 is 27.8 Å². The normalized spacial score (nSPS) is 11.7. The van der Waals surface area contributed by atoms with Crippen LogP contribution in [0.5, 0.6) is 5.75 Å². The highest BCUT2D eigenvalue weighted by Gasteiger charge is 2.23. The highest BCUT2D eigenvalue weighted by atomic mass is 79.9. The summed E-state index contributed by atoms with van der Waals surface area (Å²) in [5, 5.41) is 21.4. The number of amides is 1. The Kier molecular flexibility index (Phi) is 4.59. The topological polar surface area (TPSA) is 86.6 Å². The largest absolute Gasteiger partial charge is 0.507 e. The number of carbonyl (C=O) groups is 2. The van der Waals surface area contributed by atoms with Crippen LogP contribution < -0.4 is 5.32 Å². The first-order valence-corrected chi connectivity index (χ1v) is 6.85. The molecule has 2 aromatic rings. The number of phenolic OH excluding ortho intramolecular Hbond substituents is 1. The molecule has 21 heavy (non-hydrogen) atoms. The van der Waals surface area contributed by atoms with Crippen molar-refractivity contribution in [2.75, 3.05) is 0 Å². The molecule has 0 aliphatic rings. The third-order valence-electron chi connectivity index (χ3n) is 2.86. The second-order valence-corrected chi connectivity index (χ2v) is 5.23. The van der Waals surface area contributed by atoms with Crippen molar-refractivity contribution in [1.29, 1.82) is 0 Å². The van der Waals surface area contributed by atoms with Crippen molar-refractivity contribution in [3.05, 3.63) is 64.1 Å². The highest BCUT2D eigenvalue weighted by Crippen LogP contribution is 2.23. The molecule has 1 amide bonds. The lowest BCUT2D eigenvalue weighted by molar-refractivity contribution is -0.139. The van der Waals surface area contributed by atoms with Gasteiger partial charge in [-0.05, 0) is 23.8 Å². The first-order chi connectivity index (χ1) is 9.99. The van der Waals surface area contributed by atoms with E-state index in [9.17, 15) is 19.8 Å². The van der Waals surface area contributed by atoms with E-state index in [2.05, 4.69) is 21.2 Å². The van der Waals surface area contributed by atoms with E-state index in [1.807, 2.05) is 0 Å². The van der Waals surface area contributed by atoms with Gasteiger partial charge in [0.2, 0.25) is 0 Å². The van der Waals surface area contributed by atoms with E-state index in [1.54, 1.807) is 36.4 Å². The first-order valence-electron chi connectivity index (χ1n) is 6.06. The van der Waals surface area contributed by atoms with Gasteiger partial charge in [-0.1, -0.05) is 46.3 Å². The summed E-state index contributed by atoms with van der Waals surface area (Å²) in [5.41, 5.74) is 0.458. The Morgan fingerprint density at radius 2 is 1.76 bits per heavy atom. The molecule has 0 radical (unpaired) electrons. The minimum atomic E-state index is -1.18.